The second kappa shape index (κ2) is 4.39. The molecular formula is C9H20O2Si. The predicted molar refractivity (Wildman–Crippen MR) is 52.7 cm³/mol. The molecule has 1 heterocycles. The van der Waals surface area contributed by atoms with Gasteiger partial charge in [0.15, 0.2) is 8.32 Å². The van der Waals surface area contributed by atoms with Crippen LogP contribution in [-0.2, 0) is 4.43 Å². The van der Waals surface area contributed by atoms with Crippen LogP contribution in [0.1, 0.15) is 26.2 Å². The van der Waals surface area contributed by atoms with Crippen LogP contribution in [-0.4, -0.2) is 26.1 Å². The van der Waals surface area contributed by atoms with Crippen LogP contribution >= 0.6 is 0 Å². The van der Waals surface area contributed by atoms with Gasteiger partial charge in [-0.15, -0.1) is 0 Å². The SMILES string of the molecule is CC1CCC[Si](C)(CCCO)O1. The molecule has 1 fully saturated rings. The summed E-state index contributed by atoms with van der Waals surface area (Å²) >= 11 is 0. The molecule has 1 aliphatic rings. The fraction of sp³-hybridized carbons (Fsp3) is 1.00. The van der Waals surface area contributed by atoms with Gasteiger partial charge in [0.1, 0.15) is 0 Å². The Kier molecular flexibility index (Phi) is 3.74. The molecule has 0 spiro atoms. The van der Waals surface area contributed by atoms with Crippen LogP contribution < -0.4 is 0 Å². The number of rotatable bonds is 3. The van der Waals surface area contributed by atoms with Gasteiger partial charge in [-0.1, -0.05) is 6.42 Å². The fourth-order valence-corrected chi connectivity index (χ4v) is 5.44. The highest BCUT2D eigenvalue weighted by atomic mass is 28.4. The Balaban J connectivity index is 2.35. The van der Waals surface area contributed by atoms with E-state index in [-0.39, 0.29) is 0 Å². The number of aliphatic hydroxyl groups excluding tert-OH is 1. The molecule has 0 aliphatic carbocycles. The molecule has 1 aliphatic heterocycles. The van der Waals surface area contributed by atoms with Gasteiger partial charge in [0.25, 0.3) is 0 Å². The van der Waals surface area contributed by atoms with Crippen LogP contribution in [0.5, 0.6) is 0 Å². The van der Waals surface area contributed by atoms with Gasteiger partial charge in [-0.2, -0.15) is 0 Å². The van der Waals surface area contributed by atoms with Gasteiger partial charge in [-0.05, 0) is 38.4 Å². The minimum absolute atomic E-state index is 0.320. The summed E-state index contributed by atoms with van der Waals surface area (Å²) in [6.45, 7) is 4.79. The van der Waals surface area contributed by atoms with Gasteiger partial charge in [-0.25, -0.2) is 0 Å². The summed E-state index contributed by atoms with van der Waals surface area (Å²) in [5.74, 6) is 0. The van der Waals surface area contributed by atoms with E-state index in [1.165, 1.54) is 18.9 Å². The van der Waals surface area contributed by atoms with E-state index < -0.39 is 8.32 Å². The molecule has 3 heteroatoms. The maximum atomic E-state index is 8.74. The van der Waals surface area contributed by atoms with E-state index in [0.29, 0.717) is 12.7 Å². The van der Waals surface area contributed by atoms with Crippen molar-refractivity contribution >= 4 is 8.32 Å². The van der Waals surface area contributed by atoms with Gasteiger partial charge in [-0.3, -0.25) is 0 Å². The van der Waals surface area contributed by atoms with Gasteiger partial charge < -0.3 is 9.53 Å². The normalized spacial score (nSPS) is 36.8. The highest BCUT2D eigenvalue weighted by Crippen LogP contribution is 2.29. The topological polar surface area (TPSA) is 29.5 Å². The lowest BCUT2D eigenvalue weighted by Gasteiger charge is -2.35. The standard InChI is InChI=1S/C9H20O2Si/c1-9-5-3-7-12(2,11-9)8-4-6-10/h9-10H,3-8H2,1-2H3. The fourth-order valence-electron chi connectivity index (χ4n) is 2.00. The largest absolute Gasteiger partial charge is 0.414 e. The first-order chi connectivity index (χ1) is 5.66. The van der Waals surface area contributed by atoms with Crippen LogP contribution in [0.3, 0.4) is 0 Å². The van der Waals surface area contributed by atoms with Crippen LogP contribution in [0, 0.1) is 0 Å². The first kappa shape index (κ1) is 10.2. The highest BCUT2D eigenvalue weighted by Gasteiger charge is 2.33. The molecule has 72 valence electrons. The third kappa shape index (κ3) is 2.88. The summed E-state index contributed by atoms with van der Waals surface area (Å²) in [6, 6.07) is 2.42. The molecule has 0 saturated carbocycles. The Hall–Kier alpha value is 0.137. The first-order valence-corrected chi connectivity index (χ1v) is 7.77. The van der Waals surface area contributed by atoms with Crippen LogP contribution in [0.2, 0.25) is 18.6 Å². The Bertz CT molecular complexity index is 140. The summed E-state index contributed by atoms with van der Waals surface area (Å²) in [5.41, 5.74) is 0. The average Bonchev–Trinajstić information content (AvgIpc) is 2.01. The third-order valence-electron chi connectivity index (χ3n) is 2.67. The van der Waals surface area contributed by atoms with Crippen molar-refractivity contribution in [3.05, 3.63) is 0 Å². The zero-order valence-corrected chi connectivity index (χ0v) is 9.18. The smallest absolute Gasteiger partial charge is 0.190 e. The Morgan fingerprint density at radius 2 is 2.33 bits per heavy atom. The number of aliphatic hydroxyl groups is 1. The average molecular weight is 188 g/mol. The molecule has 0 amide bonds. The first-order valence-electron chi connectivity index (χ1n) is 4.95. The summed E-state index contributed by atoms with van der Waals surface area (Å²) in [6.07, 6.45) is 3.95. The maximum Gasteiger partial charge on any atom is 0.190 e. The van der Waals surface area contributed by atoms with Crippen molar-refractivity contribution in [1.82, 2.24) is 0 Å². The minimum atomic E-state index is -1.38. The Morgan fingerprint density at radius 3 is 2.92 bits per heavy atom. The van der Waals surface area contributed by atoms with E-state index in [1.54, 1.807) is 0 Å². The molecule has 2 atom stereocenters. The van der Waals surface area contributed by atoms with E-state index in [0.717, 1.165) is 12.5 Å². The van der Waals surface area contributed by atoms with E-state index >= 15 is 0 Å². The molecule has 2 nitrogen and oxygen atoms in total. The van der Waals surface area contributed by atoms with Gasteiger partial charge >= 0.3 is 0 Å². The molecule has 12 heavy (non-hydrogen) atoms. The van der Waals surface area contributed by atoms with Crippen LogP contribution in [0.15, 0.2) is 0 Å². The zero-order chi connectivity index (χ0) is 9.03. The second-order valence-electron chi connectivity index (χ2n) is 4.10. The van der Waals surface area contributed by atoms with Crippen LogP contribution in [0.4, 0.5) is 0 Å². The molecule has 0 radical (unpaired) electrons. The summed E-state index contributed by atoms with van der Waals surface area (Å²) in [7, 11) is -1.38. The predicted octanol–water partition coefficient (Wildman–Crippen LogP) is 2.14. The number of hydrogen-bond acceptors (Lipinski definition) is 2. The maximum absolute atomic E-state index is 8.74. The Labute approximate surface area is 76.1 Å². The highest BCUT2D eigenvalue weighted by molar-refractivity contribution is 6.72. The van der Waals surface area contributed by atoms with Crippen molar-refractivity contribution in [2.75, 3.05) is 6.61 Å². The molecule has 0 bridgehead atoms. The van der Waals surface area contributed by atoms with Crippen molar-refractivity contribution in [1.29, 1.82) is 0 Å². The molecule has 0 aromatic carbocycles. The van der Waals surface area contributed by atoms with Crippen molar-refractivity contribution in [3.63, 3.8) is 0 Å². The van der Waals surface area contributed by atoms with Crippen molar-refractivity contribution in [2.45, 2.75) is 50.9 Å². The Morgan fingerprint density at radius 1 is 1.58 bits per heavy atom. The lowest BCUT2D eigenvalue weighted by Crippen LogP contribution is -2.41. The van der Waals surface area contributed by atoms with Gasteiger partial charge in [0, 0.05) is 12.7 Å². The summed E-state index contributed by atoms with van der Waals surface area (Å²) < 4.78 is 6.00. The molecule has 1 saturated heterocycles. The van der Waals surface area contributed by atoms with E-state index in [2.05, 4.69) is 13.5 Å². The van der Waals surface area contributed by atoms with Crippen molar-refractivity contribution < 1.29 is 9.53 Å². The van der Waals surface area contributed by atoms with E-state index in [9.17, 15) is 0 Å². The summed E-state index contributed by atoms with van der Waals surface area (Å²) in [5, 5.41) is 8.74. The third-order valence-corrected chi connectivity index (χ3v) is 6.46. The minimum Gasteiger partial charge on any atom is -0.414 e. The van der Waals surface area contributed by atoms with Crippen molar-refractivity contribution in [3.8, 4) is 0 Å². The molecule has 1 N–H and O–H groups in total. The molecule has 0 aromatic heterocycles. The van der Waals surface area contributed by atoms with Gasteiger partial charge in [0.05, 0.1) is 0 Å². The second-order valence-corrected chi connectivity index (χ2v) is 8.23. The lowest BCUT2D eigenvalue weighted by atomic mass is 10.2. The van der Waals surface area contributed by atoms with Crippen molar-refractivity contribution in [2.24, 2.45) is 0 Å². The molecule has 2 unspecified atom stereocenters. The molecule has 1 rings (SSSR count). The number of hydrogen-bond donors (Lipinski definition) is 1. The van der Waals surface area contributed by atoms with E-state index in [4.69, 9.17) is 9.53 Å². The summed E-state index contributed by atoms with van der Waals surface area (Å²) in [4.78, 5) is 0. The lowest BCUT2D eigenvalue weighted by molar-refractivity contribution is 0.173. The zero-order valence-electron chi connectivity index (χ0n) is 8.18. The quantitative estimate of drug-likeness (QED) is 0.688. The molecule has 0 aromatic rings. The van der Waals surface area contributed by atoms with Crippen LogP contribution in [0.25, 0.3) is 0 Å². The van der Waals surface area contributed by atoms with Gasteiger partial charge in [0.2, 0.25) is 0 Å². The van der Waals surface area contributed by atoms with E-state index in [1.807, 2.05) is 0 Å². The molecular weight excluding hydrogens is 168 g/mol. The monoisotopic (exact) mass is 188 g/mol.